The molecule has 2 aromatic rings. The molecule has 0 amide bonds. The first-order valence-electron chi connectivity index (χ1n) is 4.53. The van der Waals surface area contributed by atoms with Gasteiger partial charge in [-0.2, -0.15) is 5.21 Å². The van der Waals surface area contributed by atoms with E-state index < -0.39 is 6.10 Å². The summed E-state index contributed by atoms with van der Waals surface area (Å²) in [7, 11) is 0. The number of tetrazole rings is 1. The quantitative estimate of drug-likeness (QED) is 0.647. The van der Waals surface area contributed by atoms with Crippen LogP contribution >= 0.6 is 0 Å². The minimum Gasteiger partial charge on any atom is -0.387 e. The van der Waals surface area contributed by atoms with Crippen LogP contribution in [0.4, 0.5) is 0 Å². The maximum atomic E-state index is 9.56. The SMILES string of the molecule is NCC(O)c1cccc(-c2nn[nH]n2)c1. The fourth-order valence-electron chi connectivity index (χ4n) is 1.31. The molecule has 1 aromatic carbocycles. The molecule has 1 heterocycles. The zero-order valence-electron chi connectivity index (χ0n) is 7.96. The summed E-state index contributed by atoms with van der Waals surface area (Å²) >= 11 is 0. The number of benzene rings is 1. The number of hydrogen-bond donors (Lipinski definition) is 3. The average molecular weight is 205 g/mol. The number of nitrogens with one attached hydrogen (secondary N) is 1. The maximum absolute atomic E-state index is 9.56. The van der Waals surface area contributed by atoms with Gasteiger partial charge in [0.15, 0.2) is 0 Å². The van der Waals surface area contributed by atoms with Crippen LogP contribution in [0.5, 0.6) is 0 Å². The lowest BCUT2D eigenvalue weighted by Gasteiger charge is -2.08. The van der Waals surface area contributed by atoms with Gasteiger partial charge in [0, 0.05) is 12.1 Å². The average Bonchev–Trinajstić information content (AvgIpc) is 2.82. The molecule has 78 valence electrons. The van der Waals surface area contributed by atoms with Gasteiger partial charge >= 0.3 is 0 Å². The van der Waals surface area contributed by atoms with E-state index in [0.717, 1.165) is 11.1 Å². The monoisotopic (exact) mass is 205 g/mol. The molecule has 1 aromatic heterocycles. The van der Waals surface area contributed by atoms with Crippen LogP contribution in [0.3, 0.4) is 0 Å². The maximum Gasteiger partial charge on any atom is 0.204 e. The molecule has 6 nitrogen and oxygen atoms in total. The fourth-order valence-corrected chi connectivity index (χ4v) is 1.31. The molecular formula is C9H11N5O. The Morgan fingerprint density at radius 1 is 1.47 bits per heavy atom. The molecule has 0 aliphatic rings. The van der Waals surface area contributed by atoms with Crippen molar-refractivity contribution >= 4 is 0 Å². The minimum absolute atomic E-state index is 0.190. The van der Waals surface area contributed by atoms with Gasteiger partial charge in [-0.1, -0.05) is 18.2 Å². The van der Waals surface area contributed by atoms with E-state index in [9.17, 15) is 5.11 Å². The van der Waals surface area contributed by atoms with Crippen molar-refractivity contribution in [3.63, 3.8) is 0 Å². The Balaban J connectivity index is 2.35. The lowest BCUT2D eigenvalue weighted by atomic mass is 10.1. The zero-order chi connectivity index (χ0) is 10.7. The van der Waals surface area contributed by atoms with Gasteiger partial charge in [-0.25, -0.2) is 0 Å². The molecule has 0 spiro atoms. The van der Waals surface area contributed by atoms with E-state index in [1.165, 1.54) is 0 Å². The first-order valence-corrected chi connectivity index (χ1v) is 4.53. The number of nitrogens with zero attached hydrogens (tertiary/aromatic N) is 3. The van der Waals surface area contributed by atoms with Crippen LogP contribution in [0.25, 0.3) is 11.4 Å². The van der Waals surface area contributed by atoms with Gasteiger partial charge in [-0.3, -0.25) is 0 Å². The van der Waals surface area contributed by atoms with E-state index >= 15 is 0 Å². The summed E-state index contributed by atoms with van der Waals surface area (Å²) in [6, 6.07) is 7.26. The second kappa shape index (κ2) is 4.16. The highest BCUT2D eigenvalue weighted by atomic mass is 16.3. The third-order valence-electron chi connectivity index (χ3n) is 2.10. The van der Waals surface area contributed by atoms with Crippen LogP contribution < -0.4 is 5.73 Å². The molecule has 1 atom stereocenters. The molecule has 6 heteroatoms. The van der Waals surface area contributed by atoms with Gasteiger partial charge in [-0.05, 0) is 16.8 Å². The van der Waals surface area contributed by atoms with Crippen LogP contribution in [-0.2, 0) is 0 Å². The molecule has 15 heavy (non-hydrogen) atoms. The summed E-state index contributed by atoms with van der Waals surface area (Å²) in [6.07, 6.45) is -0.656. The highest BCUT2D eigenvalue weighted by Crippen LogP contribution is 2.19. The number of aliphatic hydroxyl groups is 1. The third-order valence-corrected chi connectivity index (χ3v) is 2.10. The number of rotatable bonds is 3. The van der Waals surface area contributed by atoms with Gasteiger partial charge in [-0.15, -0.1) is 10.2 Å². The van der Waals surface area contributed by atoms with E-state index in [0.29, 0.717) is 5.82 Å². The van der Waals surface area contributed by atoms with Crippen molar-refractivity contribution in [2.24, 2.45) is 5.73 Å². The van der Waals surface area contributed by atoms with E-state index in [2.05, 4.69) is 20.6 Å². The summed E-state index contributed by atoms with van der Waals surface area (Å²) in [5.74, 6) is 0.501. The van der Waals surface area contributed by atoms with E-state index in [1.54, 1.807) is 12.1 Å². The lowest BCUT2D eigenvalue weighted by molar-refractivity contribution is 0.187. The van der Waals surface area contributed by atoms with Crippen LogP contribution in [0, 0.1) is 0 Å². The lowest BCUT2D eigenvalue weighted by Crippen LogP contribution is -2.11. The highest BCUT2D eigenvalue weighted by molar-refractivity contribution is 5.55. The molecule has 0 saturated heterocycles. The predicted molar refractivity (Wildman–Crippen MR) is 53.6 cm³/mol. The molecule has 0 bridgehead atoms. The molecule has 2 rings (SSSR count). The molecule has 0 fully saturated rings. The van der Waals surface area contributed by atoms with E-state index in [-0.39, 0.29) is 6.54 Å². The molecular weight excluding hydrogens is 194 g/mol. The Kier molecular flexibility index (Phi) is 2.70. The molecule has 0 aliphatic carbocycles. The van der Waals surface area contributed by atoms with Crippen molar-refractivity contribution < 1.29 is 5.11 Å². The summed E-state index contributed by atoms with van der Waals surface area (Å²) in [5.41, 5.74) is 6.92. The Morgan fingerprint density at radius 2 is 2.33 bits per heavy atom. The molecule has 4 N–H and O–H groups in total. The summed E-state index contributed by atoms with van der Waals surface area (Å²) in [5, 5.41) is 23.1. The number of aromatic amines is 1. The highest BCUT2D eigenvalue weighted by Gasteiger charge is 2.08. The number of aliphatic hydroxyl groups excluding tert-OH is 1. The summed E-state index contributed by atoms with van der Waals surface area (Å²) in [4.78, 5) is 0. The van der Waals surface area contributed by atoms with Gasteiger partial charge < -0.3 is 10.8 Å². The van der Waals surface area contributed by atoms with Gasteiger partial charge in [0.25, 0.3) is 0 Å². The number of H-pyrrole nitrogens is 1. The Morgan fingerprint density at radius 3 is 3.00 bits per heavy atom. The Labute approximate surface area is 86.1 Å². The largest absolute Gasteiger partial charge is 0.387 e. The second-order valence-corrected chi connectivity index (χ2v) is 3.11. The summed E-state index contributed by atoms with van der Waals surface area (Å²) < 4.78 is 0. The Bertz CT molecular complexity index is 428. The summed E-state index contributed by atoms with van der Waals surface area (Å²) in [6.45, 7) is 0.190. The molecule has 1 unspecified atom stereocenters. The second-order valence-electron chi connectivity index (χ2n) is 3.11. The first-order chi connectivity index (χ1) is 7.31. The predicted octanol–water partition coefficient (Wildman–Crippen LogP) is -0.141. The smallest absolute Gasteiger partial charge is 0.204 e. The van der Waals surface area contributed by atoms with Crippen molar-refractivity contribution in [2.45, 2.75) is 6.10 Å². The fraction of sp³-hybridized carbons (Fsp3) is 0.222. The van der Waals surface area contributed by atoms with Gasteiger partial charge in [0.1, 0.15) is 0 Å². The minimum atomic E-state index is -0.656. The first kappa shape index (κ1) is 9.75. The van der Waals surface area contributed by atoms with Gasteiger partial charge in [0.05, 0.1) is 6.10 Å². The standard InChI is InChI=1S/C9H11N5O/c10-5-8(15)6-2-1-3-7(4-6)9-11-13-14-12-9/h1-4,8,15H,5,10H2,(H,11,12,13,14). The van der Waals surface area contributed by atoms with Crippen molar-refractivity contribution in [1.29, 1.82) is 0 Å². The van der Waals surface area contributed by atoms with Crippen molar-refractivity contribution in [1.82, 2.24) is 20.6 Å². The Hall–Kier alpha value is -1.79. The van der Waals surface area contributed by atoms with Crippen LogP contribution in [0.2, 0.25) is 0 Å². The zero-order valence-corrected chi connectivity index (χ0v) is 7.96. The van der Waals surface area contributed by atoms with Crippen molar-refractivity contribution in [3.05, 3.63) is 29.8 Å². The van der Waals surface area contributed by atoms with Gasteiger partial charge in [0.2, 0.25) is 5.82 Å². The molecule has 0 radical (unpaired) electrons. The number of aromatic nitrogens is 4. The molecule has 0 saturated carbocycles. The van der Waals surface area contributed by atoms with Crippen LogP contribution in [-0.4, -0.2) is 32.3 Å². The number of nitrogens with two attached hydrogens (primary N) is 1. The normalized spacial score (nSPS) is 12.7. The third kappa shape index (κ3) is 2.00. The van der Waals surface area contributed by atoms with Crippen molar-refractivity contribution in [3.8, 4) is 11.4 Å². The van der Waals surface area contributed by atoms with Crippen molar-refractivity contribution in [2.75, 3.05) is 6.54 Å². The van der Waals surface area contributed by atoms with Crippen LogP contribution in [0.15, 0.2) is 24.3 Å². The molecule has 0 aliphatic heterocycles. The van der Waals surface area contributed by atoms with Crippen LogP contribution in [0.1, 0.15) is 11.7 Å². The topological polar surface area (TPSA) is 101 Å². The van der Waals surface area contributed by atoms with E-state index in [1.807, 2.05) is 12.1 Å². The number of hydrogen-bond acceptors (Lipinski definition) is 5. The van der Waals surface area contributed by atoms with E-state index in [4.69, 9.17) is 5.73 Å².